The Morgan fingerprint density at radius 2 is 1.69 bits per heavy atom. The minimum Gasteiger partial charge on any atom is -0.489 e. The minimum atomic E-state index is -0.229. The van der Waals surface area contributed by atoms with Crippen LogP contribution in [0.5, 0.6) is 5.75 Å². The predicted octanol–water partition coefficient (Wildman–Crippen LogP) is 5.47. The zero-order valence-electron chi connectivity index (χ0n) is 15.4. The zero-order valence-corrected chi connectivity index (χ0v) is 16.2. The molecule has 3 aromatic carbocycles. The molecule has 0 atom stereocenters. The third-order valence-corrected chi connectivity index (χ3v) is 5.60. The second kappa shape index (κ2) is 7.60. The lowest BCUT2D eigenvalue weighted by atomic mass is 10.1. The molecule has 7 heteroatoms. The number of benzene rings is 3. The molecule has 1 aliphatic heterocycles. The molecule has 2 heterocycles. The van der Waals surface area contributed by atoms with Crippen molar-refractivity contribution < 1.29 is 9.13 Å². The number of fused-ring (bicyclic) bond motifs is 3. The number of rotatable bonds is 4. The van der Waals surface area contributed by atoms with Gasteiger partial charge in [0.25, 0.3) is 0 Å². The predicted molar refractivity (Wildman–Crippen MR) is 114 cm³/mol. The van der Waals surface area contributed by atoms with E-state index < -0.39 is 0 Å². The Morgan fingerprint density at radius 3 is 2.48 bits per heavy atom. The van der Waals surface area contributed by atoms with Gasteiger partial charge < -0.3 is 15.4 Å². The molecule has 4 aromatic rings. The van der Waals surface area contributed by atoms with E-state index in [-0.39, 0.29) is 5.82 Å². The van der Waals surface area contributed by atoms with Crippen LogP contribution in [0.15, 0.2) is 76.8 Å². The van der Waals surface area contributed by atoms with Crippen LogP contribution in [-0.2, 0) is 0 Å². The van der Waals surface area contributed by atoms with Crippen molar-refractivity contribution in [1.82, 2.24) is 9.97 Å². The molecule has 0 radical (unpaired) electrons. The molecular weight excluding hydrogens is 387 g/mol. The third kappa shape index (κ3) is 3.69. The standard InChI is InChI=1S/C22H17FN4OS/c23-14-1-5-16(6-2-14)29-17-7-3-15(4-8-17)27-22-20-18(25-13-26-22)9-10-19-21(20)28-12-11-24-19/h1-10,13,24H,11-12H2,(H,25,26,27). The molecule has 0 bridgehead atoms. The molecule has 0 saturated carbocycles. The summed E-state index contributed by atoms with van der Waals surface area (Å²) in [7, 11) is 0. The number of hydrogen-bond acceptors (Lipinski definition) is 6. The maximum Gasteiger partial charge on any atom is 0.155 e. The molecule has 2 N–H and O–H groups in total. The summed E-state index contributed by atoms with van der Waals surface area (Å²) < 4.78 is 19.0. The van der Waals surface area contributed by atoms with E-state index in [1.165, 1.54) is 12.1 Å². The highest BCUT2D eigenvalue weighted by molar-refractivity contribution is 7.99. The summed E-state index contributed by atoms with van der Waals surface area (Å²) in [6.07, 6.45) is 1.55. The highest BCUT2D eigenvalue weighted by Gasteiger charge is 2.17. The monoisotopic (exact) mass is 404 g/mol. The minimum absolute atomic E-state index is 0.229. The molecule has 1 aromatic heterocycles. The van der Waals surface area contributed by atoms with Crippen LogP contribution >= 0.6 is 11.8 Å². The van der Waals surface area contributed by atoms with Gasteiger partial charge in [0.05, 0.1) is 16.6 Å². The summed E-state index contributed by atoms with van der Waals surface area (Å²) in [5, 5.41) is 7.59. The summed E-state index contributed by atoms with van der Waals surface area (Å²) in [6.45, 7) is 1.39. The normalized spacial score (nSPS) is 12.7. The Bertz CT molecular complexity index is 1170. The first-order chi connectivity index (χ1) is 14.3. The van der Waals surface area contributed by atoms with Crippen molar-refractivity contribution in [3.8, 4) is 5.75 Å². The van der Waals surface area contributed by atoms with Gasteiger partial charge in [-0.3, -0.25) is 0 Å². The molecule has 0 aliphatic carbocycles. The molecule has 0 fully saturated rings. The first kappa shape index (κ1) is 17.8. The van der Waals surface area contributed by atoms with E-state index in [0.717, 1.165) is 44.4 Å². The number of ether oxygens (including phenoxy) is 1. The Hall–Kier alpha value is -3.32. The number of anilines is 3. The topological polar surface area (TPSA) is 59.1 Å². The first-order valence-corrected chi connectivity index (χ1v) is 10.0. The summed E-state index contributed by atoms with van der Waals surface area (Å²) in [5.74, 6) is 1.25. The van der Waals surface area contributed by atoms with E-state index in [0.29, 0.717) is 12.4 Å². The van der Waals surface area contributed by atoms with Crippen LogP contribution in [0.4, 0.5) is 21.6 Å². The van der Waals surface area contributed by atoms with Gasteiger partial charge in [-0.05, 0) is 60.7 Å². The number of hydrogen-bond donors (Lipinski definition) is 2. The van der Waals surface area contributed by atoms with E-state index in [9.17, 15) is 4.39 Å². The average molecular weight is 404 g/mol. The number of aromatic nitrogens is 2. The molecule has 29 heavy (non-hydrogen) atoms. The largest absolute Gasteiger partial charge is 0.489 e. The van der Waals surface area contributed by atoms with Crippen LogP contribution in [0.1, 0.15) is 0 Å². The van der Waals surface area contributed by atoms with Gasteiger partial charge in [0.1, 0.15) is 24.6 Å². The van der Waals surface area contributed by atoms with Gasteiger partial charge in [-0.25, -0.2) is 14.4 Å². The van der Waals surface area contributed by atoms with Crippen LogP contribution in [-0.4, -0.2) is 23.1 Å². The Kier molecular flexibility index (Phi) is 4.65. The second-order valence-corrected chi connectivity index (χ2v) is 7.69. The molecule has 0 amide bonds. The fraction of sp³-hybridized carbons (Fsp3) is 0.0909. The van der Waals surface area contributed by atoms with E-state index in [1.54, 1.807) is 30.2 Å². The Morgan fingerprint density at radius 1 is 0.931 bits per heavy atom. The molecule has 0 unspecified atom stereocenters. The second-order valence-electron chi connectivity index (χ2n) is 6.54. The third-order valence-electron chi connectivity index (χ3n) is 4.59. The van der Waals surface area contributed by atoms with E-state index in [1.807, 2.05) is 36.4 Å². The number of nitrogens with one attached hydrogen (secondary N) is 2. The fourth-order valence-corrected chi connectivity index (χ4v) is 4.04. The lowest BCUT2D eigenvalue weighted by Crippen LogP contribution is -2.18. The highest BCUT2D eigenvalue weighted by Crippen LogP contribution is 2.39. The van der Waals surface area contributed by atoms with Crippen molar-refractivity contribution in [3.63, 3.8) is 0 Å². The van der Waals surface area contributed by atoms with Crippen LogP contribution in [0.3, 0.4) is 0 Å². The van der Waals surface area contributed by atoms with Crippen molar-refractivity contribution in [2.45, 2.75) is 9.79 Å². The average Bonchev–Trinajstić information content (AvgIpc) is 2.76. The molecular formula is C22H17FN4OS. The maximum atomic E-state index is 13.1. The molecule has 5 nitrogen and oxygen atoms in total. The molecule has 0 spiro atoms. The SMILES string of the molecule is Fc1ccc(Sc2ccc(Nc3ncnc4ccc5c(c34)OCCN5)cc2)cc1. The molecule has 5 rings (SSSR count). The Labute approximate surface area is 171 Å². The highest BCUT2D eigenvalue weighted by atomic mass is 32.2. The number of nitrogens with zero attached hydrogens (tertiary/aromatic N) is 2. The number of halogens is 1. The fourth-order valence-electron chi connectivity index (χ4n) is 3.23. The van der Waals surface area contributed by atoms with Gasteiger partial charge in [-0.1, -0.05) is 11.8 Å². The Balaban J connectivity index is 1.41. The van der Waals surface area contributed by atoms with Crippen molar-refractivity contribution in [2.75, 3.05) is 23.8 Å². The zero-order chi connectivity index (χ0) is 19.6. The van der Waals surface area contributed by atoms with Gasteiger partial charge in [-0.2, -0.15) is 0 Å². The van der Waals surface area contributed by atoms with Gasteiger partial charge in [0, 0.05) is 22.0 Å². The molecule has 144 valence electrons. The summed E-state index contributed by atoms with van der Waals surface area (Å²) >= 11 is 1.58. The summed E-state index contributed by atoms with van der Waals surface area (Å²) in [6, 6.07) is 18.5. The van der Waals surface area contributed by atoms with E-state index in [4.69, 9.17) is 4.74 Å². The van der Waals surface area contributed by atoms with Crippen LogP contribution in [0, 0.1) is 5.82 Å². The molecule has 0 saturated heterocycles. The lowest BCUT2D eigenvalue weighted by Gasteiger charge is -2.21. The quantitative estimate of drug-likeness (QED) is 0.470. The summed E-state index contributed by atoms with van der Waals surface area (Å²) in [5.41, 5.74) is 2.69. The van der Waals surface area contributed by atoms with Crippen molar-refractivity contribution in [1.29, 1.82) is 0 Å². The van der Waals surface area contributed by atoms with Gasteiger partial charge in [-0.15, -0.1) is 0 Å². The van der Waals surface area contributed by atoms with E-state index in [2.05, 4.69) is 20.6 Å². The summed E-state index contributed by atoms with van der Waals surface area (Å²) in [4.78, 5) is 10.9. The lowest BCUT2D eigenvalue weighted by molar-refractivity contribution is 0.327. The van der Waals surface area contributed by atoms with Crippen molar-refractivity contribution >= 4 is 39.9 Å². The van der Waals surface area contributed by atoms with Gasteiger partial charge in [0.15, 0.2) is 5.75 Å². The van der Waals surface area contributed by atoms with Crippen LogP contribution in [0.25, 0.3) is 10.9 Å². The van der Waals surface area contributed by atoms with Crippen molar-refractivity contribution in [3.05, 3.63) is 72.8 Å². The van der Waals surface area contributed by atoms with Crippen LogP contribution in [0.2, 0.25) is 0 Å². The maximum absolute atomic E-state index is 13.1. The van der Waals surface area contributed by atoms with E-state index >= 15 is 0 Å². The molecule has 1 aliphatic rings. The van der Waals surface area contributed by atoms with Gasteiger partial charge in [0.2, 0.25) is 0 Å². The first-order valence-electron chi connectivity index (χ1n) is 9.21. The van der Waals surface area contributed by atoms with Crippen LogP contribution < -0.4 is 15.4 Å². The smallest absolute Gasteiger partial charge is 0.155 e. The van der Waals surface area contributed by atoms with Gasteiger partial charge >= 0.3 is 0 Å². The van der Waals surface area contributed by atoms with Crippen molar-refractivity contribution in [2.24, 2.45) is 0 Å².